The van der Waals surface area contributed by atoms with Gasteiger partial charge in [-0.05, 0) is 49.7 Å². The van der Waals surface area contributed by atoms with Gasteiger partial charge >= 0.3 is 0 Å². The van der Waals surface area contributed by atoms with Crippen LogP contribution < -0.4 is 0 Å². The fourth-order valence-corrected chi connectivity index (χ4v) is 5.17. The van der Waals surface area contributed by atoms with Gasteiger partial charge in [0.15, 0.2) is 0 Å². The number of H-pyrrole nitrogens is 1. The van der Waals surface area contributed by atoms with E-state index in [0.29, 0.717) is 24.0 Å². The summed E-state index contributed by atoms with van der Waals surface area (Å²) in [5, 5.41) is 5.53. The average Bonchev–Trinajstić information content (AvgIpc) is 3.10. The number of aromatic nitrogens is 1. The number of hydrogen-bond acceptors (Lipinski definition) is 3. The van der Waals surface area contributed by atoms with Gasteiger partial charge < -0.3 is 9.82 Å². The van der Waals surface area contributed by atoms with Gasteiger partial charge in [-0.15, -0.1) is 0 Å². The molecular weight excluding hydrogens is 324 g/mol. The van der Waals surface area contributed by atoms with Gasteiger partial charge in [-0.2, -0.15) is 0 Å². The van der Waals surface area contributed by atoms with Crippen molar-refractivity contribution in [3.8, 4) is 0 Å². The SMILES string of the molecule is CON=C1CCC(C(=O)CCc2c[nH]c3ccccc23)C2CCCCC12. The summed E-state index contributed by atoms with van der Waals surface area (Å²) in [5.74, 6) is 1.59. The number of aromatic amines is 1. The number of fused-ring (bicyclic) bond motifs is 2. The van der Waals surface area contributed by atoms with E-state index >= 15 is 0 Å². The maximum atomic E-state index is 13.1. The molecule has 4 heteroatoms. The van der Waals surface area contributed by atoms with Crippen molar-refractivity contribution < 1.29 is 9.63 Å². The number of para-hydroxylation sites is 1. The molecule has 2 fully saturated rings. The third-order valence-electron chi connectivity index (χ3n) is 6.41. The van der Waals surface area contributed by atoms with E-state index in [1.807, 2.05) is 6.07 Å². The molecule has 1 aromatic heterocycles. The minimum absolute atomic E-state index is 0.210. The number of oxime groups is 1. The van der Waals surface area contributed by atoms with E-state index in [1.54, 1.807) is 7.11 Å². The number of benzene rings is 1. The van der Waals surface area contributed by atoms with Gasteiger partial charge in [0.1, 0.15) is 12.9 Å². The van der Waals surface area contributed by atoms with Crippen molar-refractivity contribution in [1.29, 1.82) is 0 Å². The predicted octanol–water partition coefficient (Wildman–Crippen LogP) is 4.89. The Morgan fingerprint density at radius 3 is 2.96 bits per heavy atom. The Hall–Kier alpha value is -2.10. The summed E-state index contributed by atoms with van der Waals surface area (Å²) in [7, 11) is 1.63. The Balaban J connectivity index is 1.45. The summed E-state index contributed by atoms with van der Waals surface area (Å²) in [4.78, 5) is 21.4. The molecule has 0 spiro atoms. The van der Waals surface area contributed by atoms with Crippen LogP contribution in [0.4, 0.5) is 0 Å². The second-order valence-corrected chi connectivity index (χ2v) is 7.79. The number of carbonyl (C=O) groups is 1. The largest absolute Gasteiger partial charge is 0.399 e. The topological polar surface area (TPSA) is 54.4 Å². The molecule has 2 aromatic rings. The van der Waals surface area contributed by atoms with Crippen LogP contribution in [0.15, 0.2) is 35.6 Å². The lowest BCUT2D eigenvalue weighted by atomic mass is 9.63. The zero-order chi connectivity index (χ0) is 17.9. The van der Waals surface area contributed by atoms with E-state index in [-0.39, 0.29) is 5.92 Å². The smallest absolute Gasteiger partial charge is 0.136 e. The van der Waals surface area contributed by atoms with Crippen molar-refractivity contribution in [3.63, 3.8) is 0 Å². The quantitative estimate of drug-likeness (QED) is 0.779. The van der Waals surface area contributed by atoms with Gasteiger partial charge in [-0.25, -0.2) is 0 Å². The molecule has 1 heterocycles. The molecule has 3 unspecified atom stereocenters. The summed E-state index contributed by atoms with van der Waals surface area (Å²) in [6.45, 7) is 0. The second kappa shape index (κ2) is 7.65. The van der Waals surface area contributed by atoms with Gasteiger partial charge in [-0.1, -0.05) is 36.2 Å². The highest BCUT2D eigenvalue weighted by Gasteiger charge is 2.41. The highest BCUT2D eigenvalue weighted by molar-refractivity contribution is 5.91. The Labute approximate surface area is 155 Å². The van der Waals surface area contributed by atoms with E-state index < -0.39 is 0 Å². The van der Waals surface area contributed by atoms with E-state index in [2.05, 4.69) is 34.5 Å². The summed E-state index contributed by atoms with van der Waals surface area (Å²) in [5.41, 5.74) is 3.60. The van der Waals surface area contributed by atoms with E-state index in [9.17, 15) is 4.79 Å². The fourth-order valence-electron chi connectivity index (χ4n) is 5.17. The minimum Gasteiger partial charge on any atom is -0.399 e. The van der Waals surface area contributed by atoms with Crippen LogP contribution in [0.1, 0.15) is 50.5 Å². The predicted molar refractivity (Wildman–Crippen MR) is 104 cm³/mol. The normalized spacial score (nSPS) is 27.4. The maximum absolute atomic E-state index is 13.1. The summed E-state index contributed by atoms with van der Waals surface area (Å²) < 4.78 is 0. The molecule has 0 bridgehead atoms. The van der Waals surface area contributed by atoms with Gasteiger partial charge in [0.2, 0.25) is 0 Å². The van der Waals surface area contributed by atoms with Crippen LogP contribution in [-0.2, 0) is 16.1 Å². The molecule has 2 saturated carbocycles. The number of nitrogens with one attached hydrogen (secondary N) is 1. The first kappa shape index (κ1) is 17.3. The zero-order valence-corrected chi connectivity index (χ0v) is 15.5. The molecule has 0 radical (unpaired) electrons. The lowest BCUT2D eigenvalue weighted by Crippen LogP contribution is -2.40. The monoisotopic (exact) mass is 352 g/mol. The van der Waals surface area contributed by atoms with Gasteiger partial charge in [0.05, 0.1) is 5.71 Å². The molecule has 2 aliphatic carbocycles. The van der Waals surface area contributed by atoms with Crippen LogP contribution in [0.2, 0.25) is 0 Å². The molecule has 4 rings (SSSR count). The number of carbonyl (C=O) groups excluding carboxylic acids is 1. The maximum Gasteiger partial charge on any atom is 0.136 e. The summed E-state index contributed by atoms with van der Waals surface area (Å²) in [6, 6.07) is 8.33. The highest BCUT2D eigenvalue weighted by Crippen LogP contribution is 2.43. The molecule has 2 aliphatic rings. The van der Waals surface area contributed by atoms with Gasteiger partial charge in [0.25, 0.3) is 0 Å². The number of hydrogen-bond donors (Lipinski definition) is 1. The summed E-state index contributed by atoms with van der Waals surface area (Å²) >= 11 is 0. The molecule has 4 nitrogen and oxygen atoms in total. The molecule has 1 aromatic carbocycles. The van der Waals surface area contributed by atoms with E-state index in [4.69, 9.17) is 4.84 Å². The first-order valence-electron chi connectivity index (χ1n) is 9.95. The first-order chi connectivity index (χ1) is 12.8. The molecule has 1 N–H and O–H groups in total. The molecule has 26 heavy (non-hydrogen) atoms. The number of rotatable bonds is 5. The fraction of sp³-hybridized carbons (Fsp3) is 0.545. The summed E-state index contributed by atoms with van der Waals surface area (Å²) in [6.07, 6.45) is 10.2. The lowest BCUT2D eigenvalue weighted by molar-refractivity contribution is -0.126. The minimum atomic E-state index is 0.210. The molecule has 138 valence electrons. The first-order valence-corrected chi connectivity index (χ1v) is 9.95. The number of nitrogens with zero attached hydrogens (tertiary/aromatic N) is 1. The number of ketones is 1. The number of aryl methyl sites for hydroxylation is 1. The van der Waals surface area contributed by atoms with E-state index in [1.165, 1.54) is 35.9 Å². The molecule has 3 atom stereocenters. The van der Waals surface area contributed by atoms with Crippen LogP contribution in [0, 0.1) is 17.8 Å². The van der Waals surface area contributed by atoms with Gasteiger partial charge in [-0.3, -0.25) is 4.79 Å². The van der Waals surface area contributed by atoms with Crippen LogP contribution in [-0.4, -0.2) is 23.6 Å². The van der Waals surface area contributed by atoms with Crippen molar-refractivity contribution in [2.75, 3.05) is 7.11 Å². The van der Waals surface area contributed by atoms with Crippen molar-refractivity contribution >= 4 is 22.4 Å². The Bertz CT molecular complexity index is 807. The zero-order valence-electron chi connectivity index (χ0n) is 15.5. The van der Waals surface area contributed by atoms with Crippen molar-refractivity contribution in [2.24, 2.45) is 22.9 Å². The third kappa shape index (κ3) is 3.29. The Morgan fingerprint density at radius 1 is 1.23 bits per heavy atom. The highest BCUT2D eigenvalue weighted by atomic mass is 16.6. The second-order valence-electron chi connectivity index (χ2n) is 7.79. The van der Waals surface area contributed by atoms with Crippen LogP contribution >= 0.6 is 0 Å². The van der Waals surface area contributed by atoms with Crippen molar-refractivity contribution in [2.45, 2.75) is 51.4 Å². The molecule has 0 saturated heterocycles. The molecule has 0 amide bonds. The standard InChI is InChI=1S/C22H28N2O2/c1-26-24-21-12-11-19(17-7-2-3-8-18(17)21)22(25)13-10-15-14-23-20-9-5-4-6-16(15)20/h4-6,9,14,17-19,23H,2-3,7-8,10-13H2,1H3. The Morgan fingerprint density at radius 2 is 2.08 bits per heavy atom. The third-order valence-corrected chi connectivity index (χ3v) is 6.41. The van der Waals surface area contributed by atoms with E-state index in [0.717, 1.165) is 31.2 Å². The average molecular weight is 352 g/mol. The molecule has 0 aliphatic heterocycles. The van der Waals surface area contributed by atoms with Crippen LogP contribution in [0.5, 0.6) is 0 Å². The van der Waals surface area contributed by atoms with Gasteiger partial charge in [0, 0.05) is 35.4 Å². The van der Waals surface area contributed by atoms with Crippen molar-refractivity contribution in [1.82, 2.24) is 4.98 Å². The van der Waals surface area contributed by atoms with Crippen LogP contribution in [0.3, 0.4) is 0 Å². The van der Waals surface area contributed by atoms with Crippen molar-refractivity contribution in [3.05, 3.63) is 36.0 Å². The van der Waals surface area contributed by atoms with Crippen LogP contribution in [0.25, 0.3) is 10.9 Å². The number of Topliss-reactive ketones (excluding diaryl/α,β-unsaturated/α-hetero) is 1. The molecular formula is C22H28N2O2. The lowest BCUT2D eigenvalue weighted by Gasteiger charge is -2.41. The Kier molecular flexibility index (Phi) is 5.09.